The molecule has 0 spiro atoms. The monoisotopic (exact) mass is 614 g/mol. The van der Waals surface area contributed by atoms with Gasteiger partial charge in [0, 0.05) is 33.2 Å². The lowest BCUT2D eigenvalue weighted by molar-refractivity contribution is 0.981. The Morgan fingerprint density at radius 3 is 2.08 bits per heavy atom. The zero-order chi connectivity index (χ0) is 31.6. The van der Waals surface area contributed by atoms with Crippen LogP contribution in [-0.2, 0) is 0 Å². The Hall–Kier alpha value is -6.39. The van der Waals surface area contributed by atoms with Gasteiger partial charge in [0.15, 0.2) is 0 Å². The fourth-order valence-corrected chi connectivity index (χ4v) is 7.61. The first kappa shape index (κ1) is 26.8. The Labute approximate surface area is 278 Å². The van der Waals surface area contributed by atoms with Gasteiger partial charge in [0.25, 0.3) is 0 Å². The number of para-hydroxylation sites is 4. The Morgan fingerprint density at radius 2 is 1.25 bits per heavy atom. The van der Waals surface area contributed by atoms with Crippen LogP contribution >= 0.6 is 0 Å². The van der Waals surface area contributed by atoms with Gasteiger partial charge in [-0.1, -0.05) is 127 Å². The third kappa shape index (κ3) is 3.99. The molecular weight excluding hydrogens is 585 g/mol. The number of nitrogens with zero attached hydrogens (tertiary/aromatic N) is 3. The number of rotatable bonds is 3. The maximum Gasteiger partial charge on any atom is 0.138 e. The molecule has 0 saturated carbocycles. The van der Waals surface area contributed by atoms with E-state index in [-0.39, 0.29) is 6.04 Å². The third-order valence-corrected chi connectivity index (χ3v) is 9.74. The average Bonchev–Trinajstić information content (AvgIpc) is 3.44. The molecule has 2 aromatic heterocycles. The molecular formula is C44H30N4. The first-order chi connectivity index (χ1) is 23.8. The maximum absolute atomic E-state index is 5.49. The summed E-state index contributed by atoms with van der Waals surface area (Å²) in [5.41, 5.74) is 13.7. The Balaban J connectivity index is 1.23. The molecule has 4 heteroatoms. The van der Waals surface area contributed by atoms with Gasteiger partial charge in [0.2, 0.25) is 0 Å². The molecule has 0 saturated heterocycles. The molecule has 10 rings (SSSR count). The third-order valence-electron chi connectivity index (χ3n) is 9.74. The smallest absolute Gasteiger partial charge is 0.138 e. The molecule has 1 N–H and O–H groups in total. The van der Waals surface area contributed by atoms with Gasteiger partial charge in [-0.2, -0.15) is 0 Å². The average molecular weight is 615 g/mol. The van der Waals surface area contributed by atoms with Crippen LogP contribution in [0.5, 0.6) is 0 Å². The number of benzene rings is 6. The van der Waals surface area contributed by atoms with Crippen LogP contribution in [0.15, 0.2) is 164 Å². The molecule has 0 amide bonds. The number of anilines is 4. The molecule has 1 atom stereocenters. The van der Waals surface area contributed by atoms with E-state index >= 15 is 0 Å². The van der Waals surface area contributed by atoms with E-state index in [1.165, 1.54) is 33.3 Å². The molecule has 2 aliphatic rings. The normalized spacial score (nSPS) is 14.5. The van der Waals surface area contributed by atoms with E-state index in [9.17, 15) is 0 Å². The standard InChI is InChI=1S/C44H30N4/c1-3-13-29(14-4-1)36-27-25-30-23-24-31-26-28-40(46-43(31)42(30)45-36)48-38-21-11-8-18-34(38)41-33-17-7-10-20-37(33)47(32-15-5-2-6-16-32)44(41)35-19-9-12-22-39(35)48/h1-28,36,45H. The van der Waals surface area contributed by atoms with E-state index in [0.29, 0.717) is 0 Å². The topological polar surface area (TPSA) is 33.1 Å². The molecule has 4 nitrogen and oxygen atoms in total. The number of nitrogens with one attached hydrogen (secondary N) is 1. The molecule has 48 heavy (non-hydrogen) atoms. The van der Waals surface area contributed by atoms with E-state index in [2.05, 4.69) is 185 Å². The first-order valence-electron chi connectivity index (χ1n) is 16.4. The van der Waals surface area contributed by atoms with Gasteiger partial charge in [-0.3, -0.25) is 4.90 Å². The van der Waals surface area contributed by atoms with Crippen LogP contribution in [-0.4, -0.2) is 9.55 Å². The van der Waals surface area contributed by atoms with Crippen molar-refractivity contribution in [2.75, 3.05) is 10.2 Å². The minimum absolute atomic E-state index is 0.0746. The van der Waals surface area contributed by atoms with Gasteiger partial charge in [0.05, 0.1) is 39.8 Å². The van der Waals surface area contributed by atoms with Crippen LogP contribution < -0.4 is 10.2 Å². The molecule has 0 fully saturated rings. The highest BCUT2D eigenvalue weighted by Gasteiger charge is 2.32. The number of hydrogen-bond acceptors (Lipinski definition) is 3. The number of hydrogen-bond donors (Lipinski definition) is 1. The van der Waals surface area contributed by atoms with Gasteiger partial charge < -0.3 is 9.88 Å². The second-order valence-corrected chi connectivity index (χ2v) is 12.4. The van der Waals surface area contributed by atoms with Crippen molar-refractivity contribution in [2.45, 2.75) is 6.04 Å². The van der Waals surface area contributed by atoms with Gasteiger partial charge in [0.1, 0.15) is 5.82 Å². The zero-order valence-electron chi connectivity index (χ0n) is 26.1. The van der Waals surface area contributed by atoms with E-state index in [1.807, 2.05) is 0 Å². The number of aromatic nitrogens is 2. The van der Waals surface area contributed by atoms with Crippen molar-refractivity contribution in [3.05, 3.63) is 175 Å². The molecule has 0 radical (unpaired) electrons. The maximum atomic E-state index is 5.49. The van der Waals surface area contributed by atoms with E-state index in [4.69, 9.17) is 4.98 Å². The Bertz CT molecular complexity index is 2550. The van der Waals surface area contributed by atoms with E-state index in [0.717, 1.165) is 50.6 Å². The van der Waals surface area contributed by atoms with Crippen LogP contribution in [0, 0.1) is 0 Å². The molecule has 6 aromatic carbocycles. The van der Waals surface area contributed by atoms with Crippen molar-refractivity contribution in [2.24, 2.45) is 0 Å². The van der Waals surface area contributed by atoms with Gasteiger partial charge >= 0.3 is 0 Å². The lowest BCUT2D eigenvalue weighted by Crippen LogP contribution is -2.15. The van der Waals surface area contributed by atoms with Crippen molar-refractivity contribution < 1.29 is 0 Å². The van der Waals surface area contributed by atoms with Gasteiger partial charge in [-0.25, -0.2) is 4.98 Å². The molecule has 2 aliphatic heterocycles. The van der Waals surface area contributed by atoms with Crippen LogP contribution in [0.4, 0.5) is 22.9 Å². The zero-order valence-corrected chi connectivity index (χ0v) is 26.1. The highest BCUT2D eigenvalue weighted by atomic mass is 15.2. The summed E-state index contributed by atoms with van der Waals surface area (Å²) in [6.45, 7) is 0. The van der Waals surface area contributed by atoms with Crippen molar-refractivity contribution in [1.82, 2.24) is 9.55 Å². The molecule has 226 valence electrons. The molecule has 4 heterocycles. The molecule has 1 unspecified atom stereocenters. The predicted octanol–water partition coefficient (Wildman–Crippen LogP) is 11.5. The van der Waals surface area contributed by atoms with Crippen LogP contribution in [0.25, 0.3) is 56.0 Å². The Morgan fingerprint density at radius 1 is 0.583 bits per heavy atom. The van der Waals surface area contributed by atoms with Crippen molar-refractivity contribution in [1.29, 1.82) is 0 Å². The summed E-state index contributed by atoms with van der Waals surface area (Å²) in [4.78, 5) is 7.84. The van der Waals surface area contributed by atoms with Crippen molar-refractivity contribution in [3.8, 4) is 28.1 Å². The second kappa shape index (κ2) is 10.6. The SMILES string of the molecule is C1=CC(c2ccccc2)Nc2c1ccc1ccc(N3c4ccccc4-c4c(n(-c5ccccc5)c5ccccc45)-c4ccccc43)nc21. The first-order valence-corrected chi connectivity index (χ1v) is 16.4. The van der Waals surface area contributed by atoms with E-state index in [1.54, 1.807) is 0 Å². The molecule has 8 aromatic rings. The summed E-state index contributed by atoms with van der Waals surface area (Å²) in [5, 5.41) is 6.15. The fourth-order valence-electron chi connectivity index (χ4n) is 7.61. The highest BCUT2D eigenvalue weighted by Crippen LogP contribution is 2.54. The summed E-state index contributed by atoms with van der Waals surface area (Å²) in [5.74, 6) is 0.879. The summed E-state index contributed by atoms with van der Waals surface area (Å²) >= 11 is 0. The van der Waals surface area contributed by atoms with Crippen LogP contribution in [0.2, 0.25) is 0 Å². The van der Waals surface area contributed by atoms with Gasteiger partial charge in [-0.15, -0.1) is 0 Å². The quantitative estimate of drug-likeness (QED) is 0.215. The lowest BCUT2D eigenvalue weighted by Gasteiger charge is -2.28. The Kier molecular flexibility index (Phi) is 5.90. The van der Waals surface area contributed by atoms with Crippen molar-refractivity contribution in [3.63, 3.8) is 0 Å². The summed E-state index contributed by atoms with van der Waals surface area (Å²) in [6, 6.07) is 56.4. The van der Waals surface area contributed by atoms with Crippen molar-refractivity contribution >= 4 is 50.8 Å². The van der Waals surface area contributed by atoms with Crippen LogP contribution in [0.3, 0.4) is 0 Å². The predicted molar refractivity (Wildman–Crippen MR) is 200 cm³/mol. The minimum Gasteiger partial charge on any atom is -0.372 e. The van der Waals surface area contributed by atoms with Crippen LogP contribution in [0.1, 0.15) is 17.2 Å². The number of fused-ring (bicyclic) bond motifs is 10. The minimum atomic E-state index is 0.0746. The largest absolute Gasteiger partial charge is 0.372 e. The molecule has 0 aliphatic carbocycles. The molecule has 0 bridgehead atoms. The van der Waals surface area contributed by atoms with Gasteiger partial charge in [-0.05, 0) is 53.6 Å². The summed E-state index contributed by atoms with van der Waals surface area (Å²) < 4.78 is 2.42. The van der Waals surface area contributed by atoms with E-state index < -0.39 is 0 Å². The fraction of sp³-hybridized carbons (Fsp3) is 0.0227. The highest BCUT2D eigenvalue weighted by molar-refractivity contribution is 6.13. The summed E-state index contributed by atoms with van der Waals surface area (Å²) in [7, 11) is 0. The lowest BCUT2D eigenvalue weighted by atomic mass is 9.98. The second-order valence-electron chi connectivity index (χ2n) is 12.4. The summed E-state index contributed by atoms with van der Waals surface area (Å²) in [6.07, 6.45) is 4.45. The number of pyridine rings is 1.